The van der Waals surface area contributed by atoms with Crippen LogP contribution in [0.1, 0.15) is 5.56 Å². The van der Waals surface area contributed by atoms with E-state index in [9.17, 15) is 4.79 Å². The Morgan fingerprint density at radius 1 is 1.38 bits per heavy atom. The molecule has 1 saturated heterocycles. The van der Waals surface area contributed by atoms with Gasteiger partial charge in [-0.3, -0.25) is 4.79 Å². The van der Waals surface area contributed by atoms with E-state index < -0.39 is 0 Å². The first-order chi connectivity index (χ1) is 10.3. The Hall–Kier alpha value is -2.18. The third kappa shape index (κ3) is 2.96. The second kappa shape index (κ2) is 6.07. The molecule has 1 aromatic carbocycles. The largest absolute Gasteiger partial charge is 0.379 e. The lowest BCUT2D eigenvalue weighted by atomic mass is 10.0. The number of ether oxygens (including phenoxy) is 1. The summed E-state index contributed by atoms with van der Waals surface area (Å²) in [5, 5.41) is 7.16. The van der Waals surface area contributed by atoms with Gasteiger partial charge in [0.25, 0.3) is 0 Å². The zero-order valence-corrected chi connectivity index (χ0v) is 11.6. The van der Waals surface area contributed by atoms with Crippen LogP contribution < -0.4 is 11.1 Å². The molecule has 0 saturated carbocycles. The molecule has 21 heavy (non-hydrogen) atoms. The molecule has 3 N–H and O–H groups in total. The molecular formula is C15H18N4O2. The highest BCUT2D eigenvalue weighted by atomic mass is 16.5. The van der Waals surface area contributed by atoms with Gasteiger partial charge >= 0.3 is 0 Å². The van der Waals surface area contributed by atoms with Crippen LogP contribution in [0.5, 0.6) is 0 Å². The molecule has 2 aromatic rings. The van der Waals surface area contributed by atoms with Gasteiger partial charge in [-0.15, -0.1) is 0 Å². The van der Waals surface area contributed by atoms with Crippen LogP contribution in [-0.4, -0.2) is 34.9 Å². The molecule has 1 fully saturated rings. The maximum Gasteiger partial charge on any atom is 0.227 e. The van der Waals surface area contributed by atoms with Crippen LogP contribution in [0.25, 0.3) is 5.69 Å². The molecule has 0 spiro atoms. The second-order valence-corrected chi connectivity index (χ2v) is 5.10. The van der Waals surface area contributed by atoms with Crippen LogP contribution in [-0.2, 0) is 16.1 Å². The van der Waals surface area contributed by atoms with E-state index in [1.807, 2.05) is 36.5 Å². The Morgan fingerprint density at radius 3 is 2.95 bits per heavy atom. The highest BCUT2D eigenvalue weighted by molar-refractivity contribution is 5.79. The highest BCUT2D eigenvalue weighted by Gasteiger charge is 2.31. The molecule has 110 valence electrons. The molecule has 2 atom stereocenters. The minimum Gasteiger partial charge on any atom is -0.379 e. The van der Waals surface area contributed by atoms with Crippen molar-refractivity contribution < 1.29 is 9.53 Å². The van der Waals surface area contributed by atoms with Crippen molar-refractivity contribution in [3.63, 3.8) is 0 Å². The number of hydrogen-bond donors (Lipinski definition) is 2. The minimum absolute atomic E-state index is 0.0599. The fourth-order valence-electron chi connectivity index (χ4n) is 2.45. The minimum atomic E-state index is -0.262. The zero-order valence-electron chi connectivity index (χ0n) is 11.6. The standard InChI is InChI=1S/C15H18N4O2/c16-13-10-21-9-12(13)15(20)17-8-11-4-1-2-5-14(11)19-7-3-6-18-19/h1-7,12-13H,8-10,16H2,(H,17,20). The predicted octanol–water partition coefficient (Wildman–Crippen LogP) is 0.462. The van der Waals surface area contributed by atoms with Gasteiger partial charge in [0.05, 0.1) is 24.8 Å². The van der Waals surface area contributed by atoms with Gasteiger partial charge in [-0.1, -0.05) is 18.2 Å². The zero-order chi connectivity index (χ0) is 14.7. The van der Waals surface area contributed by atoms with E-state index in [-0.39, 0.29) is 17.9 Å². The van der Waals surface area contributed by atoms with E-state index in [4.69, 9.17) is 10.5 Å². The Balaban J connectivity index is 1.70. The smallest absolute Gasteiger partial charge is 0.227 e. The van der Waals surface area contributed by atoms with Crippen LogP contribution in [0.3, 0.4) is 0 Å². The van der Waals surface area contributed by atoms with E-state index in [0.29, 0.717) is 19.8 Å². The summed E-state index contributed by atoms with van der Waals surface area (Å²) in [6.07, 6.45) is 3.60. The molecule has 2 unspecified atom stereocenters. The van der Waals surface area contributed by atoms with Crippen molar-refractivity contribution in [2.45, 2.75) is 12.6 Å². The summed E-state index contributed by atoms with van der Waals surface area (Å²) in [5.74, 6) is -0.322. The molecule has 0 bridgehead atoms. The van der Waals surface area contributed by atoms with Crippen LogP contribution >= 0.6 is 0 Å². The molecule has 6 nitrogen and oxygen atoms in total. The van der Waals surface area contributed by atoms with Crippen LogP contribution in [0.15, 0.2) is 42.7 Å². The van der Waals surface area contributed by atoms with Crippen LogP contribution in [0.4, 0.5) is 0 Å². The monoisotopic (exact) mass is 286 g/mol. The normalized spacial score (nSPS) is 21.4. The van der Waals surface area contributed by atoms with Crippen molar-refractivity contribution >= 4 is 5.91 Å². The summed E-state index contributed by atoms with van der Waals surface area (Å²) in [6, 6.07) is 9.49. The predicted molar refractivity (Wildman–Crippen MR) is 77.7 cm³/mol. The summed E-state index contributed by atoms with van der Waals surface area (Å²) in [6.45, 7) is 1.29. The quantitative estimate of drug-likeness (QED) is 0.855. The first kappa shape index (κ1) is 13.8. The van der Waals surface area contributed by atoms with Gasteiger partial charge in [-0.25, -0.2) is 4.68 Å². The van der Waals surface area contributed by atoms with E-state index in [1.165, 1.54) is 0 Å². The lowest BCUT2D eigenvalue weighted by molar-refractivity contribution is -0.125. The van der Waals surface area contributed by atoms with Gasteiger partial charge in [0.2, 0.25) is 5.91 Å². The van der Waals surface area contributed by atoms with E-state index in [1.54, 1.807) is 10.9 Å². The van der Waals surface area contributed by atoms with Gasteiger partial charge in [0.15, 0.2) is 0 Å². The Labute approximate surface area is 122 Å². The summed E-state index contributed by atoms with van der Waals surface area (Å²) in [5.41, 5.74) is 7.81. The number of para-hydroxylation sites is 1. The first-order valence-electron chi connectivity index (χ1n) is 6.94. The maximum atomic E-state index is 12.1. The molecule has 1 amide bonds. The molecule has 0 radical (unpaired) electrons. The Morgan fingerprint density at radius 2 is 2.24 bits per heavy atom. The lowest BCUT2D eigenvalue weighted by Crippen LogP contribution is -2.40. The maximum absolute atomic E-state index is 12.1. The summed E-state index contributed by atoms with van der Waals surface area (Å²) < 4.78 is 7.01. The van der Waals surface area contributed by atoms with E-state index in [2.05, 4.69) is 10.4 Å². The molecule has 1 aliphatic heterocycles. The number of hydrogen-bond acceptors (Lipinski definition) is 4. The SMILES string of the molecule is NC1COCC1C(=O)NCc1ccccc1-n1cccn1. The number of carbonyl (C=O) groups is 1. The van der Waals surface area contributed by atoms with Crippen molar-refractivity contribution in [3.8, 4) is 5.69 Å². The average Bonchev–Trinajstić information content (AvgIpc) is 3.16. The number of amides is 1. The summed E-state index contributed by atoms with van der Waals surface area (Å²) in [7, 11) is 0. The molecule has 0 aliphatic carbocycles. The number of carbonyl (C=O) groups excluding carboxylic acids is 1. The highest BCUT2D eigenvalue weighted by Crippen LogP contribution is 2.15. The number of benzene rings is 1. The summed E-state index contributed by atoms with van der Waals surface area (Å²) >= 11 is 0. The van der Waals surface area contributed by atoms with Gasteiger partial charge in [0.1, 0.15) is 0 Å². The Bertz CT molecular complexity index is 612. The first-order valence-corrected chi connectivity index (χ1v) is 6.94. The fraction of sp³-hybridized carbons (Fsp3) is 0.333. The molecule has 1 aliphatic rings. The van der Waals surface area contributed by atoms with Crippen LogP contribution in [0, 0.1) is 5.92 Å². The number of rotatable bonds is 4. The average molecular weight is 286 g/mol. The van der Waals surface area contributed by atoms with E-state index in [0.717, 1.165) is 11.3 Å². The molecule has 2 heterocycles. The van der Waals surface area contributed by atoms with Crippen molar-refractivity contribution in [2.24, 2.45) is 11.7 Å². The van der Waals surface area contributed by atoms with Gasteiger partial charge in [-0.05, 0) is 17.7 Å². The third-order valence-electron chi connectivity index (χ3n) is 3.66. The molecule has 1 aromatic heterocycles. The van der Waals surface area contributed by atoms with Gasteiger partial charge in [0, 0.05) is 25.0 Å². The van der Waals surface area contributed by atoms with Crippen LogP contribution in [0.2, 0.25) is 0 Å². The van der Waals surface area contributed by atoms with Crippen molar-refractivity contribution in [2.75, 3.05) is 13.2 Å². The summed E-state index contributed by atoms with van der Waals surface area (Å²) in [4.78, 5) is 12.1. The second-order valence-electron chi connectivity index (χ2n) is 5.10. The van der Waals surface area contributed by atoms with Crippen molar-refractivity contribution in [3.05, 3.63) is 48.3 Å². The van der Waals surface area contributed by atoms with Gasteiger partial charge < -0.3 is 15.8 Å². The molecule has 3 rings (SSSR count). The number of nitrogens with zero attached hydrogens (tertiary/aromatic N) is 2. The van der Waals surface area contributed by atoms with Gasteiger partial charge in [-0.2, -0.15) is 5.10 Å². The third-order valence-corrected chi connectivity index (χ3v) is 3.66. The number of nitrogens with one attached hydrogen (secondary N) is 1. The molecular weight excluding hydrogens is 268 g/mol. The number of aromatic nitrogens is 2. The molecule has 6 heteroatoms. The topological polar surface area (TPSA) is 82.2 Å². The van der Waals surface area contributed by atoms with Crippen molar-refractivity contribution in [1.82, 2.24) is 15.1 Å². The number of nitrogens with two attached hydrogens (primary N) is 1. The fourth-order valence-corrected chi connectivity index (χ4v) is 2.45. The van der Waals surface area contributed by atoms with Crippen molar-refractivity contribution in [1.29, 1.82) is 0 Å². The Kier molecular flexibility index (Phi) is 3.98. The lowest BCUT2D eigenvalue weighted by Gasteiger charge is -2.15. The van der Waals surface area contributed by atoms with E-state index >= 15 is 0 Å².